The Morgan fingerprint density at radius 3 is 2.04 bits per heavy atom. The van der Waals surface area contributed by atoms with Gasteiger partial charge in [0.05, 0.1) is 12.0 Å². The molecule has 1 heterocycles. The van der Waals surface area contributed by atoms with E-state index in [1.54, 1.807) is 0 Å². The number of nitrogens with zero attached hydrogens (tertiary/aromatic N) is 1. The molecular formula is C22H27NO2. The van der Waals surface area contributed by atoms with Crippen LogP contribution in [0.25, 0.3) is 0 Å². The molecule has 1 saturated heterocycles. The maximum atomic E-state index is 11.3. The molecule has 0 saturated carbocycles. The summed E-state index contributed by atoms with van der Waals surface area (Å²) >= 11 is 0. The van der Waals surface area contributed by atoms with E-state index < -0.39 is 5.97 Å². The number of likely N-dealkylation sites (tertiary alicyclic amines) is 1. The van der Waals surface area contributed by atoms with Gasteiger partial charge in [0.1, 0.15) is 0 Å². The van der Waals surface area contributed by atoms with Crippen LogP contribution in [0.4, 0.5) is 0 Å². The predicted octanol–water partition coefficient (Wildman–Crippen LogP) is 4.44. The van der Waals surface area contributed by atoms with Gasteiger partial charge in [-0.25, -0.2) is 0 Å². The lowest BCUT2D eigenvalue weighted by molar-refractivity contribution is -0.143. The van der Waals surface area contributed by atoms with Gasteiger partial charge in [0, 0.05) is 0 Å². The quantitative estimate of drug-likeness (QED) is 0.876. The summed E-state index contributed by atoms with van der Waals surface area (Å²) < 4.78 is 0. The molecule has 0 spiro atoms. The summed E-state index contributed by atoms with van der Waals surface area (Å²) in [4.78, 5) is 13.7. The van der Waals surface area contributed by atoms with Crippen molar-refractivity contribution in [2.45, 2.75) is 39.2 Å². The number of carboxylic acids is 1. The first kappa shape index (κ1) is 17.7. The van der Waals surface area contributed by atoms with Crippen LogP contribution in [0.15, 0.2) is 48.5 Å². The van der Waals surface area contributed by atoms with Crippen LogP contribution < -0.4 is 0 Å². The van der Waals surface area contributed by atoms with E-state index in [4.69, 9.17) is 0 Å². The van der Waals surface area contributed by atoms with Crippen LogP contribution in [0, 0.1) is 12.8 Å². The molecule has 1 unspecified atom stereocenters. The van der Waals surface area contributed by atoms with Crippen molar-refractivity contribution < 1.29 is 9.90 Å². The van der Waals surface area contributed by atoms with E-state index in [1.807, 2.05) is 0 Å². The molecule has 25 heavy (non-hydrogen) atoms. The second-order valence-electron chi connectivity index (χ2n) is 7.06. The Morgan fingerprint density at radius 1 is 1.04 bits per heavy atom. The number of benzene rings is 2. The Kier molecular flexibility index (Phi) is 5.54. The molecule has 0 bridgehead atoms. The first-order chi connectivity index (χ1) is 12.1. The molecule has 1 atom stereocenters. The van der Waals surface area contributed by atoms with Gasteiger partial charge in [0.2, 0.25) is 0 Å². The third-order valence-corrected chi connectivity index (χ3v) is 5.34. The molecule has 1 N–H and O–H groups in total. The first-order valence-corrected chi connectivity index (χ1v) is 9.20. The molecule has 132 valence electrons. The Morgan fingerprint density at radius 2 is 1.56 bits per heavy atom. The zero-order chi connectivity index (χ0) is 17.8. The van der Waals surface area contributed by atoms with E-state index in [0.29, 0.717) is 0 Å². The van der Waals surface area contributed by atoms with Crippen LogP contribution in [-0.2, 0) is 11.2 Å². The largest absolute Gasteiger partial charge is 0.481 e. The summed E-state index contributed by atoms with van der Waals surface area (Å²) in [6.07, 6.45) is 2.50. The van der Waals surface area contributed by atoms with Gasteiger partial charge in [-0.05, 0) is 56.0 Å². The molecule has 1 fully saturated rings. The monoisotopic (exact) mass is 337 g/mol. The van der Waals surface area contributed by atoms with E-state index in [0.717, 1.165) is 32.4 Å². The minimum absolute atomic E-state index is 0.196. The first-order valence-electron chi connectivity index (χ1n) is 9.20. The van der Waals surface area contributed by atoms with Gasteiger partial charge in [-0.3, -0.25) is 9.69 Å². The standard InChI is InChI=1S/C22H27NO2/c1-3-17-6-10-19(11-7-17)21(18-8-4-16(2)5-9-18)23-14-12-20(13-15-23)22(24)25/h4-11,20-21H,3,12-15H2,1-2H3,(H,24,25). The number of carbonyl (C=O) groups is 1. The number of rotatable bonds is 5. The zero-order valence-electron chi connectivity index (χ0n) is 15.1. The van der Waals surface area contributed by atoms with Crippen LogP contribution in [-0.4, -0.2) is 29.1 Å². The molecule has 0 radical (unpaired) electrons. The summed E-state index contributed by atoms with van der Waals surface area (Å²) in [5, 5.41) is 9.27. The Labute approximate surface area is 150 Å². The topological polar surface area (TPSA) is 40.5 Å². The molecule has 3 heteroatoms. The minimum Gasteiger partial charge on any atom is -0.481 e. The van der Waals surface area contributed by atoms with Crippen LogP contribution in [0.5, 0.6) is 0 Å². The fourth-order valence-electron chi connectivity index (χ4n) is 3.70. The maximum Gasteiger partial charge on any atom is 0.306 e. The van der Waals surface area contributed by atoms with Gasteiger partial charge in [0.15, 0.2) is 0 Å². The lowest BCUT2D eigenvalue weighted by atomic mass is 9.90. The fraction of sp³-hybridized carbons (Fsp3) is 0.409. The second kappa shape index (κ2) is 7.83. The molecule has 0 aliphatic carbocycles. The zero-order valence-corrected chi connectivity index (χ0v) is 15.1. The molecule has 1 aliphatic heterocycles. The van der Waals surface area contributed by atoms with Gasteiger partial charge >= 0.3 is 5.97 Å². The normalized spacial score (nSPS) is 17.4. The smallest absolute Gasteiger partial charge is 0.306 e. The fourth-order valence-corrected chi connectivity index (χ4v) is 3.70. The maximum absolute atomic E-state index is 11.3. The highest BCUT2D eigenvalue weighted by molar-refractivity contribution is 5.70. The molecule has 3 nitrogen and oxygen atoms in total. The van der Waals surface area contributed by atoms with Gasteiger partial charge in [-0.15, -0.1) is 0 Å². The van der Waals surface area contributed by atoms with Crippen LogP contribution in [0.1, 0.15) is 48.1 Å². The number of hydrogen-bond donors (Lipinski definition) is 1. The predicted molar refractivity (Wildman–Crippen MR) is 101 cm³/mol. The van der Waals surface area contributed by atoms with Crippen molar-refractivity contribution in [3.05, 3.63) is 70.8 Å². The van der Waals surface area contributed by atoms with Crippen LogP contribution in [0.2, 0.25) is 0 Å². The number of aliphatic carboxylic acids is 1. The number of aryl methyl sites for hydroxylation is 2. The molecule has 1 aliphatic rings. The van der Waals surface area contributed by atoms with Gasteiger partial charge in [-0.2, -0.15) is 0 Å². The average Bonchev–Trinajstić information content (AvgIpc) is 2.64. The van der Waals surface area contributed by atoms with Crippen molar-refractivity contribution >= 4 is 5.97 Å². The Balaban J connectivity index is 1.89. The average molecular weight is 337 g/mol. The second-order valence-corrected chi connectivity index (χ2v) is 7.06. The molecule has 0 aromatic heterocycles. The van der Waals surface area contributed by atoms with E-state index in [2.05, 4.69) is 67.3 Å². The lowest BCUT2D eigenvalue weighted by Gasteiger charge is -2.37. The molecule has 2 aromatic rings. The SMILES string of the molecule is CCc1ccc(C(c2ccc(C)cc2)N2CCC(C(=O)O)CC2)cc1. The third-order valence-electron chi connectivity index (χ3n) is 5.34. The van der Waals surface area contributed by atoms with Crippen LogP contribution >= 0.6 is 0 Å². The van der Waals surface area contributed by atoms with Crippen molar-refractivity contribution in [3.8, 4) is 0 Å². The molecule has 3 rings (SSSR count). The van der Waals surface area contributed by atoms with Crippen molar-refractivity contribution in [2.24, 2.45) is 5.92 Å². The number of hydrogen-bond acceptors (Lipinski definition) is 2. The molecule has 2 aromatic carbocycles. The Bertz CT molecular complexity index is 698. The van der Waals surface area contributed by atoms with E-state index in [9.17, 15) is 9.90 Å². The summed E-state index contributed by atoms with van der Waals surface area (Å²) in [6.45, 7) is 5.92. The van der Waals surface area contributed by atoms with Crippen LogP contribution in [0.3, 0.4) is 0 Å². The third kappa shape index (κ3) is 4.10. The number of carboxylic acid groups (broad SMARTS) is 1. The van der Waals surface area contributed by atoms with E-state index in [-0.39, 0.29) is 12.0 Å². The van der Waals surface area contributed by atoms with Gasteiger partial charge < -0.3 is 5.11 Å². The Hall–Kier alpha value is -2.13. The van der Waals surface area contributed by atoms with Gasteiger partial charge in [-0.1, -0.05) is 61.0 Å². The van der Waals surface area contributed by atoms with Gasteiger partial charge in [0.25, 0.3) is 0 Å². The summed E-state index contributed by atoms with van der Waals surface area (Å²) in [5.74, 6) is -0.851. The summed E-state index contributed by atoms with van der Waals surface area (Å²) in [6, 6.07) is 17.8. The highest BCUT2D eigenvalue weighted by atomic mass is 16.4. The highest BCUT2D eigenvalue weighted by Gasteiger charge is 2.30. The number of piperidine rings is 1. The van der Waals surface area contributed by atoms with E-state index >= 15 is 0 Å². The molecule has 0 amide bonds. The summed E-state index contributed by atoms with van der Waals surface area (Å²) in [7, 11) is 0. The lowest BCUT2D eigenvalue weighted by Crippen LogP contribution is -2.39. The van der Waals surface area contributed by atoms with E-state index in [1.165, 1.54) is 22.3 Å². The van der Waals surface area contributed by atoms with Crippen molar-refractivity contribution in [1.29, 1.82) is 0 Å². The van der Waals surface area contributed by atoms with Crippen molar-refractivity contribution in [1.82, 2.24) is 4.90 Å². The van der Waals surface area contributed by atoms with Crippen molar-refractivity contribution in [2.75, 3.05) is 13.1 Å². The highest BCUT2D eigenvalue weighted by Crippen LogP contribution is 2.33. The molecular weight excluding hydrogens is 310 g/mol. The summed E-state index contributed by atoms with van der Waals surface area (Å²) in [5.41, 5.74) is 5.17. The van der Waals surface area contributed by atoms with Crippen molar-refractivity contribution in [3.63, 3.8) is 0 Å². The minimum atomic E-state index is -0.654.